The van der Waals surface area contributed by atoms with Gasteiger partial charge in [-0.25, -0.2) is 9.97 Å². The standard InChI is InChI=1S/C52H32N4O/c1-2-14-37(15-3-1)55-46-21-7-4-16-39(46)43-31-33(24-26-48(43)55)34-25-27-49-44(32-34)40-17-5-8-22-47(40)56(49)52-53-29-28-45(54-52)36-13-10-12-35(30-36)38-19-11-20-42-41-18-6-9-23-50(41)57-51(38)42/h1-32H. The first-order chi connectivity index (χ1) is 28.3. The lowest BCUT2D eigenvalue weighted by Crippen LogP contribution is -2.01. The van der Waals surface area contributed by atoms with Crippen molar-refractivity contribution < 1.29 is 4.42 Å². The minimum absolute atomic E-state index is 0.631. The predicted octanol–water partition coefficient (Wildman–Crippen LogP) is 13.6. The van der Waals surface area contributed by atoms with Gasteiger partial charge in [-0.15, -0.1) is 0 Å². The highest BCUT2D eigenvalue weighted by Gasteiger charge is 2.18. The molecule has 4 aromatic heterocycles. The molecule has 12 rings (SSSR count). The van der Waals surface area contributed by atoms with E-state index in [1.807, 2.05) is 24.4 Å². The Hall–Kier alpha value is -7.76. The van der Waals surface area contributed by atoms with Gasteiger partial charge in [0, 0.05) is 55.3 Å². The molecule has 57 heavy (non-hydrogen) atoms. The van der Waals surface area contributed by atoms with Crippen LogP contribution in [-0.4, -0.2) is 19.1 Å². The van der Waals surface area contributed by atoms with Gasteiger partial charge < -0.3 is 8.98 Å². The molecular formula is C52H32N4O. The van der Waals surface area contributed by atoms with Crippen LogP contribution in [-0.2, 0) is 0 Å². The molecule has 0 fully saturated rings. The van der Waals surface area contributed by atoms with E-state index in [0.29, 0.717) is 5.95 Å². The van der Waals surface area contributed by atoms with Crippen LogP contribution in [0.25, 0.3) is 111 Å². The number of fused-ring (bicyclic) bond motifs is 9. The van der Waals surface area contributed by atoms with Gasteiger partial charge in [0.25, 0.3) is 0 Å². The Balaban J connectivity index is 0.965. The molecule has 0 aliphatic heterocycles. The molecule has 0 N–H and O–H groups in total. The van der Waals surface area contributed by atoms with Gasteiger partial charge in [0.2, 0.25) is 5.95 Å². The van der Waals surface area contributed by atoms with Crippen LogP contribution in [0.1, 0.15) is 0 Å². The summed E-state index contributed by atoms with van der Waals surface area (Å²) in [5.74, 6) is 0.631. The minimum atomic E-state index is 0.631. The van der Waals surface area contributed by atoms with Crippen molar-refractivity contribution in [1.82, 2.24) is 19.1 Å². The molecule has 4 heterocycles. The van der Waals surface area contributed by atoms with Crippen LogP contribution in [0.15, 0.2) is 199 Å². The molecule has 0 atom stereocenters. The van der Waals surface area contributed by atoms with Gasteiger partial charge >= 0.3 is 0 Å². The minimum Gasteiger partial charge on any atom is -0.455 e. The fourth-order valence-corrected chi connectivity index (χ4v) is 8.81. The van der Waals surface area contributed by atoms with E-state index >= 15 is 0 Å². The van der Waals surface area contributed by atoms with Crippen LogP contribution < -0.4 is 0 Å². The molecule has 0 saturated carbocycles. The van der Waals surface area contributed by atoms with Gasteiger partial charge in [-0.3, -0.25) is 4.57 Å². The zero-order chi connectivity index (χ0) is 37.5. The molecule has 12 aromatic rings. The van der Waals surface area contributed by atoms with Crippen molar-refractivity contribution in [2.75, 3.05) is 0 Å². The SMILES string of the molecule is c1ccc(-n2c3ccccc3c3cc(-c4ccc5c(c4)c4ccccc4n5-c4nccc(-c5cccc(-c6cccc7c6oc6ccccc67)c5)n4)ccc32)cc1. The Morgan fingerprint density at radius 1 is 0.386 bits per heavy atom. The van der Waals surface area contributed by atoms with Crippen LogP contribution in [0.5, 0.6) is 0 Å². The molecule has 0 amide bonds. The number of para-hydroxylation sites is 5. The van der Waals surface area contributed by atoms with E-state index in [-0.39, 0.29) is 0 Å². The molecule has 5 nitrogen and oxygen atoms in total. The predicted molar refractivity (Wildman–Crippen MR) is 234 cm³/mol. The second-order valence-corrected chi connectivity index (χ2v) is 14.6. The van der Waals surface area contributed by atoms with Gasteiger partial charge in [-0.2, -0.15) is 0 Å². The first kappa shape index (κ1) is 31.6. The van der Waals surface area contributed by atoms with Crippen LogP contribution in [0, 0.1) is 0 Å². The highest BCUT2D eigenvalue weighted by molar-refractivity contribution is 6.13. The van der Waals surface area contributed by atoms with E-state index in [4.69, 9.17) is 14.4 Å². The Labute approximate surface area is 327 Å². The molecule has 5 heteroatoms. The lowest BCUT2D eigenvalue weighted by Gasteiger charge is -2.10. The van der Waals surface area contributed by atoms with Gasteiger partial charge in [-0.1, -0.05) is 121 Å². The van der Waals surface area contributed by atoms with Crippen molar-refractivity contribution >= 4 is 65.6 Å². The zero-order valence-electron chi connectivity index (χ0n) is 30.7. The average Bonchev–Trinajstić information content (AvgIpc) is 3.94. The maximum atomic E-state index is 6.39. The number of benzene rings is 8. The number of hydrogen-bond donors (Lipinski definition) is 0. The van der Waals surface area contributed by atoms with Crippen LogP contribution in [0.4, 0.5) is 0 Å². The van der Waals surface area contributed by atoms with Gasteiger partial charge in [0.15, 0.2) is 0 Å². The number of rotatable bonds is 5. The van der Waals surface area contributed by atoms with E-state index in [9.17, 15) is 0 Å². The fourth-order valence-electron chi connectivity index (χ4n) is 8.81. The summed E-state index contributed by atoms with van der Waals surface area (Å²) in [5, 5.41) is 7.03. The molecule has 0 saturated heterocycles. The number of furan rings is 1. The van der Waals surface area contributed by atoms with E-state index < -0.39 is 0 Å². The summed E-state index contributed by atoms with van der Waals surface area (Å²) in [6.07, 6.45) is 1.86. The molecule has 0 spiro atoms. The third-order valence-corrected chi connectivity index (χ3v) is 11.4. The number of nitrogens with zero attached hydrogens (tertiary/aromatic N) is 4. The normalized spacial score (nSPS) is 11.9. The van der Waals surface area contributed by atoms with Crippen molar-refractivity contribution in [2.24, 2.45) is 0 Å². The van der Waals surface area contributed by atoms with Crippen LogP contribution >= 0.6 is 0 Å². The lowest BCUT2D eigenvalue weighted by molar-refractivity contribution is 0.670. The maximum absolute atomic E-state index is 6.39. The molecule has 0 unspecified atom stereocenters. The van der Waals surface area contributed by atoms with Crippen molar-refractivity contribution in [3.63, 3.8) is 0 Å². The lowest BCUT2D eigenvalue weighted by atomic mass is 9.99. The summed E-state index contributed by atoms with van der Waals surface area (Å²) in [6.45, 7) is 0. The fraction of sp³-hybridized carbons (Fsp3) is 0. The smallest absolute Gasteiger partial charge is 0.235 e. The third-order valence-electron chi connectivity index (χ3n) is 11.4. The van der Waals surface area contributed by atoms with Crippen molar-refractivity contribution in [3.8, 4) is 45.1 Å². The highest BCUT2D eigenvalue weighted by atomic mass is 16.3. The summed E-state index contributed by atoms with van der Waals surface area (Å²) in [4.78, 5) is 10.1. The Morgan fingerprint density at radius 2 is 0.982 bits per heavy atom. The average molecular weight is 729 g/mol. The summed E-state index contributed by atoms with van der Waals surface area (Å²) in [7, 11) is 0. The van der Waals surface area contributed by atoms with Gasteiger partial charge in [-0.05, 0) is 83.4 Å². The Bertz CT molecular complexity index is 3530. The monoisotopic (exact) mass is 728 g/mol. The van der Waals surface area contributed by atoms with E-state index in [1.165, 1.54) is 27.4 Å². The number of aromatic nitrogens is 4. The van der Waals surface area contributed by atoms with Gasteiger partial charge in [0.05, 0.1) is 27.8 Å². The molecular weight excluding hydrogens is 697 g/mol. The maximum Gasteiger partial charge on any atom is 0.235 e. The molecule has 0 radical (unpaired) electrons. The van der Waals surface area contributed by atoms with Crippen LogP contribution in [0.2, 0.25) is 0 Å². The summed E-state index contributed by atoms with van der Waals surface area (Å²) in [5.41, 5.74) is 13.8. The van der Waals surface area contributed by atoms with E-state index in [2.05, 4.69) is 179 Å². The number of hydrogen-bond acceptors (Lipinski definition) is 3. The molecule has 0 aliphatic carbocycles. The molecule has 8 aromatic carbocycles. The first-order valence-corrected chi connectivity index (χ1v) is 19.2. The summed E-state index contributed by atoms with van der Waals surface area (Å²) < 4.78 is 10.9. The zero-order valence-corrected chi connectivity index (χ0v) is 30.7. The van der Waals surface area contributed by atoms with Crippen molar-refractivity contribution in [3.05, 3.63) is 194 Å². The molecule has 0 bridgehead atoms. The quantitative estimate of drug-likeness (QED) is 0.177. The van der Waals surface area contributed by atoms with Crippen molar-refractivity contribution in [1.29, 1.82) is 0 Å². The molecule has 0 aliphatic rings. The highest BCUT2D eigenvalue weighted by Crippen LogP contribution is 2.39. The van der Waals surface area contributed by atoms with E-state index in [0.717, 1.165) is 77.4 Å². The van der Waals surface area contributed by atoms with Crippen molar-refractivity contribution in [2.45, 2.75) is 0 Å². The van der Waals surface area contributed by atoms with Crippen LogP contribution in [0.3, 0.4) is 0 Å². The van der Waals surface area contributed by atoms with E-state index in [1.54, 1.807) is 0 Å². The summed E-state index contributed by atoms with van der Waals surface area (Å²) >= 11 is 0. The molecule has 266 valence electrons. The Kier molecular flexibility index (Phi) is 6.86. The third kappa shape index (κ3) is 4.89. The Morgan fingerprint density at radius 3 is 1.75 bits per heavy atom. The summed E-state index contributed by atoms with van der Waals surface area (Å²) in [6, 6.07) is 66.5. The first-order valence-electron chi connectivity index (χ1n) is 19.2. The van der Waals surface area contributed by atoms with Gasteiger partial charge in [0.1, 0.15) is 11.2 Å². The largest absolute Gasteiger partial charge is 0.455 e. The second kappa shape index (κ2) is 12.4. The topological polar surface area (TPSA) is 48.8 Å². The second-order valence-electron chi connectivity index (χ2n) is 14.6.